The molecule has 0 unspecified atom stereocenters. The maximum atomic E-state index is 9.02. The first-order chi connectivity index (χ1) is 11.3. The Kier molecular flexibility index (Phi) is 4.92. The summed E-state index contributed by atoms with van der Waals surface area (Å²) in [7, 11) is 1.95. The first-order valence-corrected chi connectivity index (χ1v) is 8.41. The lowest BCUT2D eigenvalue weighted by Crippen LogP contribution is -2.16. The van der Waals surface area contributed by atoms with Crippen molar-refractivity contribution in [3.05, 3.63) is 65.0 Å². The van der Waals surface area contributed by atoms with Crippen LogP contribution in [0.5, 0.6) is 5.75 Å². The van der Waals surface area contributed by atoms with Gasteiger partial charge in [0.15, 0.2) is 0 Å². The van der Waals surface area contributed by atoms with Gasteiger partial charge in [0.2, 0.25) is 0 Å². The predicted octanol–water partition coefficient (Wildman–Crippen LogP) is 4.50. The van der Waals surface area contributed by atoms with E-state index in [1.54, 1.807) is 0 Å². The van der Waals surface area contributed by atoms with E-state index < -0.39 is 0 Å². The molecule has 1 N–H and O–H groups in total. The Morgan fingerprint density at radius 1 is 1.17 bits per heavy atom. The molecule has 0 fully saturated rings. The number of nitrogens with one attached hydrogen (secondary N) is 1. The average molecular weight is 322 g/mol. The van der Waals surface area contributed by atoms with Crippen molar-refractivity contribution >= 4 is 21.4 Å². The van der Waals surface area contributed by atoms with Gasteiger partial charge in [0.25, 0.3) is 0 Å². The van der Waals surface area contributed by atoms with Gasteiger partial charge in [0.05, 0.1) is 0 Å². The van der Waals surface area contributed by atoms with Crippen LogP contribution in [0.2, 0.25) is 0 Å². The third kappa shape index (κ3) is 3.70. The largest absolute Gasteiger partial charge is 0.486 e. The molecule has 0 radical (unpaired) electrons. The Morgan fingerprint density at radius 2 is 2.00 bits per heavy atom. The molecule has 116 valence electrons. The molecule has 3 nitrogen and oxygen atoms in total. The lowest BCUT2D eigenvalue weighted by Gasteiger charge is -2.19. The van der Waals surface area contributed by atoms with Gasteiger partial charge in [-0.2, -0.15) is 5.26 Å². The summed E-state index contributed by atoms with van der Waals surface area (Å²) in [6.45, 7) is 0.888. The SMILES string of the molecule is CNCC[C@@H](Oc1ccc2cc(C#N)sc2c1)c1ccccc1. The van der Waals surface area contributed by atoms with Crippen LogP contribution in [0.1, 0.15) is 23.0 Å². The topological polar surface area (TPSA) is 45.0 Å². The standard InChI is InChI=1S/C19H18N2OS/c1-21-10-9-18(14-5-3-2-4-6-14)22-16-8-7-15-11-17(13-20)23-19(15)12-16/h2-8,11-12,18,21H,9-10H2,1H3/t18-/m1/s1. The number of ether oxygens (including phenoxy) is 1. The molecule has 2 aromatic carbocycles. The van der Waals surface area contributed by atoms with Gasteiger partial charge >= 0.3 is 0 Å². The van der Waals surface area contributed by atoms with Gasteiger partial charge < -0.3 is 10.1 Å². The summed E-state index contributed by atoms with van der Waals surface area (Å²) < 4.78 is 7.32. The first kappa shape index (κ1) is 15.5. The molecule has 0 bridgehead atoms. The van der Waals surface area contributed by atoms with Gasteiger partial charge in [-0.25, -0.2) is 0 Å². The van der Waals surface area contributed by atoms with E-state index in [1.165, 1.54) is 16.9 Å². The van der Waals surface area contributed by atoms with E-state index in [0.717, 1.165) is 33.7 Å². The summed E-state index contributed by atoms with van der Waals surface area (Å²) in [6, 6.07) is 20.4. The first-order valence-electron chi connectivity index (χ1n) is 7.60. The highest BCUT2D eigenvalue weighted by atomic mass is 32.1. The summed E-state index contributed by atoms with van der Waals surface area (Å²) in [5.41, 5.74) is 1.17. The van der Waals surface area contributed by atoms with Crippen LogP contribution >= 0.6 is 11.3 Å². The maximum absolute atomic E-state index is 9.02. The van der Waals surface area contributed by atoms with E-state index in [2.05, 4.69) is 23.5 Å². The molecular formula is C19H18N2OS. The molecular weight excluding hydrogens is 304 g/mol. The molecule has 1 atom stereocenters. The van der Waals surface area contributed by atoms with E-state index >= 15 is 0 Å². The van der Waals surface area contributed by atoms with E-state index in [-0.39, 0.29) is 6.10 Å². The van der Waals surface area contributed by atoms with Crippen molar-refractivity contribution in [1.29, 1.82) is 5.26 Å². The number of hydrogen-bond donors (Lipinski definition) is 1. The zero-order chi connectivity index (χ0) is 16.1. The molecule has 0 spiro atoms. The number of benzene rings is 2. The monoisotopic (exact) mass is 322 g/mol. The molecule has 0 saturated carbocycles. The van der Waals surface area contributed by atoms with Crippen molar-refractivity contribution in [3.8, 4) is 11.8 Å². The molecule has 0 aliphatic carbocycles. The minimum Gasteiger partial charge on any atom is -0.486 e. The zero-order valence-electron chi connectivity index (χ0n) is 13.0. The Bertz CT molecular complexity index is 820. The number of fused-ring (bicyclic) bond motifs is 1. The highest BCUT2D eigenvalue weighted by molar-refractivity contribution is 7.19. The number of nitriles is 1. The third-order valence-electron chi connectivity index (χ3n) is 3.71. The van der Waals surface area contributed by atoms with Crippen molar-refractivity contribution in [2.75, 3.05) is 13.6 Å². The van der Waals surface area contributed by atoms with Crippen molar-refractivity contribution in [2.45, 2.75) is 12.5 Å². The van der Waals surface area contributed by atoms with Crippen LogP contribution in [0.4, 0.5) is 0 Å². The smallest absolute Gasteiger partial charge is 0.125 e. The summed E-state index contributed by atoms with van der Waals surface area (Å²) in [5.74, 6) is 0.841. The molecule has 0 amide bonds. The normalized spacial score (nSPS) is 12.0. The molecule has 0 aliphatic rings. The molecule has 1 heterocycles. The maximum Gasteiger partial charge on any atom is 0.125 e. The van der Waals surface area contributed by atoms with Crippen molar-refractivity contribution in [3.63, 3.8) is 0 Å². The van der Waals surface area contributed by atoms with Crippen LogP contribution in [0.3, 0.4) is 0 Å². The molecule has 23 heavy (non-hydrogen) atoms. The Labute approximate surface area is 140 Å². The number of thiophene rings is 1. The van der Waals surface area contributed by atoms with E-state index in [0.29, 0.717) is 0 Å². The molecule has 4 heteroatoms. The fraction of sp³-hybridized carbons (Fsp3) is 0.211. The van der Waals surface area contributed by atoms with Crippen molar-refractivity contribution in [2.24, 2.45) is 0 Å². The fourth-order valence-electron chi connectivity index (χ4n) is 2.54. The number of nitrogens with zero attached hydrogens (tertiary/aromatic N) is 1. The Morgan fingerprint density at radius 3 is 2.74 bits per heavy atom. The summed E-state index contributed by atoms with van der Waals surface area (Å²) in [6.07, 6.45) is 0.906. The minimum atomic E-state index is 0.0106. The average Bonchev–Trinajstić information content (AvgIpc) is 3.01. The lowest BCUT2D eigenvalue weighted by molar-refractivity contribution is 0.195. The second kappa shape index (κ2) is 7.28. The summed E-state index contributed by atoms with van der Waals surface area (Å²) >= 11 is 1.50. The Hall–Kier alpha value is -2.35. The van der Waals surface area contributed by atoms with Crippen LogP contribution in [-0.4, -0.2) is 13.6 Å². The lowest BCUT2D eigenvalue weighted by atomic mass is 10.1. The fourth-order valence-corrected chi connectivity index (χ4v) is 3.43. The molecule has 3 aromatic rings. The van der Waals surface area contributed by atoms with Crippen LogP contribution in [0.15, 0.2) is 54.6 Å². The van der Waals surface area contributed by atoms with Gasteiger partial charge in [-0.05, 0) is 48.8 Å². The van der Waals surface area contributed by atoms with Gasteiger partial charge in [-0.15, -0.1) is 11.3 Å². The second-order valence-corrected chi connectivity index (χ2v) is 6.42. The van der Waals surface area contributed by atoms with Gasteiger partial charge in [0.1, 0.15) is 22.8 Å². The summed E-state index contributed by atoms with van der Waals surface area (Å²) in [4.78, 5) is 0.729. The third-order valence-corrected chi connectivity index (χ3v) is 4.71. The van der Waals surface area contributed by atoms with Gasteiger partial charge in [0, 0.05) is 11.1 Å². The molecule has 0 saturated heterocycles. The molecule has 1 aromatic heterocycles. The minimum absolute atomic E-state index is 0.0106. The number of rotatable bonds is 6. The Balaban J connectivity index is 1.85. The highest BCUT2D eigenvalue weighted by Gasteiger charge is 2.13. The molecule has 3 rings (SSSR count). The van der Waals surface area contributed by atoms with E-state index in [4.69, 9.17) is 10.00 Å². The highest BCUT2D eigenvalue weighted by Crippen LogP contribution is 2.31. The van der Waals surface area contributed by atoms with Crippen LogP contribution in [0, 0.1) is 11.3 Å². The van der Waals surface area contributed by atoms with E-state index in [9.17, 15) is 0 Å². The number of hydrogen-bond acceptors (Lipinski definition) is 4. The van der Waals surface area contributed by atoms with Gasteiger partial charge in [-0.3, -0.25) is 0 Å². The van der Waals surface area contributed by atoms with Crippen molar-refractivity contribution in [1.82, 2.24) is 5.32 Å². The second-order valence-electron chi connectivity index (χ2n) is 5.33. The molecule has 0 aliphatic heterocycles. The van der Waals surface area contributed by atoms with Crippen LogP contribution < -0.4 is 10.1 Å². The summed E-state index contributed by atoms with van der Waals surface area (Å²) in [5, 5.41) is 13.3. The van der Waals surface area contributed by atoms with Crippen LogP contribution in [0.25, 0.3) is 10.1 Å². The van der Waals surface area contributed by atoms with Gasteiger partial charge in [-0.1, -0.05) is 30.3 Å². The van der Waals surface area contributed by atoms with Crippen LogP contribution in [-0.2, 0) is 0 Å². The predicted molar refractivity (Wildman–Crippen MR) is 94.9 cm³/mol. The van der Waals surface area contributed by atoms with E-state index in [1.807, 2.05) is 49.5 Å². The quantitative estimate of drug-likeness (QED) is 0.726. The zero-order valence-corrected chi connectivity index (χ0v) is 13.8. The van der Waals surface area contributed by atoms with Crippen molar-refractivity contribution < 1.29 is 4.74 Å².